The molecule has 1 saturated heterocycles. The summed E-state index contributed by atoms with van der Waals surface area (Å²) in [4.78, 5) is 55.5. The van der Waals surface area contributed by atoms with Crippen LogP contribution in [-0.4, -0.2) is 63.7 Å². The van der Waals surface area contributed by atoms with Crippen LogP contribution in [0.25, 0.3) is 10.3 Å². The van der Waals surface area contributed by atoms with Crippen molar-refractivity contribution >= 4 is 45.7 Å². The van der Waals surface area contributed by atoms with Crippen LogP contribution in [0, 0.1) is 0 Å². The van der Waals surface area contributed by atoms with Crippen LogP contribution in [0.15, 0.2) is 11.0 Å². The quantitative estimate of drug-likeness (QED) is 0.465. The SMILES string of the molecule is CC(=O)OC1C(COC(=O)OC(C)C)OC(n2c(=O)sc3cnc(N)nc32)C1OC(C)=O. The Hall–Kier alpha value is -3.26. The van der Waals surface area contributed by atoms with Crippen molar-refractivity contribution in [1.29, 1.82) is 0 Å². The number of ether oxygens (including phenoxy) is 5. The average Bonchev–Trinajstić information content (AvgIpc) is 3.15. The van der Waals surface area contributed by atoms with Crippen LogP contribution < -0.4 is 10.6 Å². The largest absolute Gasteiger partial charge is 0.508 e. The molecule has 0 spiro atoms. The van der Waals surface area contributed by atoms with Gasteiger partial charge in [-0.3, -0.25) is 19.0 Å². The number of hydrogen-bond donors (Lipinski definition) is 1. The summed E-state index contributed by atoms with van der Waals surface area (Å²) >= 11 is 0.830. The highest BCUT2D eigenvalue weighted by atomic mass is 32.1. The molecule has 2 N–H and O–H groups in total. The Morgan fingerprint density at radius 2 is 1.88 bits per heavy atom. The van der Waals surface area contributed by atoms with Gasteiger partial charge in [0.2, 0.25) is 5.95 Å². The third-order valence-corrected chi connectivity index (χ3v) is 5.10. The van der Waals surface area contributed by atoms with Gasteiger partial charge in [-0.15, -0.1) is 0 Å². The zero-order valence-corrected chi connectivity index (χ0v) is 18.5. The number of nitrogens with zero attached hydrogens (tertiary/aromatic N) is 3. The van der Waals surface area contributed by atoms with Gasteiger partial charge in [0.1, 0.15) is 12.7 Å². The summed E-state index contributed by atoms with van der Waals surface area (Å²) in [6.45, 7) is 5.20. The molecule has 2 aromatic rings. The second-order valence-electron chi connectivity index (χ2n) is 7.09. The molecule has 4 atom stereocenters. The molecule has 0 aromatic carbocycles. The number of nitrogens with two attached hydrogens (primary N) is 1. The van der Waals surface area contributed by atoms with E-state index in [1.165, 1.54) is 6.20 Å². The molecule has 4 unspecified atom stereocenters. The molecule has 3 rings (SSSR count). The fourth-order valence-corrected chi connectivity index (χ4v) is 3.97. The molecule has 0 saturated carbocycles. The number of aromatic nitrogens is 3. The summed E-state index contributed by atoms with van der Waals surface area (Å²) in [5.41, 5.74) is 5.81. The summed E-state index contributed by atoms with van der Waals surface area (Å²) in [5, 5.41) is 0. The lowest BCUT2D eigenvalue weighted by atomic mass is 10.1. The highest BCUT2D eigenvalue weighted by Crippen LogP contribution is 2.35. The molecule has 1 aliphatic heterocycles. The molecule has 14 heteroatoms. The number of rotatable bonds is 6. The molecule has 0 aliphatic carbocycles. The summed E-state index contributed by atoms with van der Waals surface area (Å²) in [5.74, 6) is -1.48. The van der Waals surface area contributed by atoms with E-state index in [1.54, 1.807) is 13.8 Å². The first kappa shape index (κ1) is 23.4. The van der Waals surface area contributed by atoms with Gasteiger partial charge < -0.3 is 29.4 Å². The Morgan fingerprint density at radius 3 is 2.50 bits per heavy atom. The Bertz CT molecular complexity index is 1080. The van der Waals surface area contributed by atoms with Crippen molar-refractivity contribution in [3.63, 3.8) is 0 Å². The Balaban J connectivity index is 1.99. The van der Waals surface area contributed by atoms with E-state index in [0.717, 1.165) is 29.8 Å². The van der Waals surface area contributed by atoms with E-state index in [2.05, 4.69) is 9.97 Å². The van der Waals surface area contributed by atoms with E-state index in [4.69, 9.17) is 29.4 Å². The monoisotopic (exact) mass is 470 g/mol. The van der Waals surface area contributed by atoms with Gasteiger partial charge in [0, 0.05) is 13.8 Å². The van der Waals surface area contributed by atoms with Gasteiger partial charge in [-0.05, 0) is 13.8 Å². The average molecular weight is 470 g/mol. The number of thiazole rings is 1. The topological polar surface area (TPSA) is 171 Å². The number of carbonyl (C=O) groups excluding carboxylic acids is 3. The van der Waals surface area contributed by atoms with E-state index in [9.17, 15) is 19.2 Å². The molecule has 2 aromatic heterocycles. The fourth-order valence-electron chi connectivity index (χ4n) is 3.15. The second kappa shape index (κ2) is 9.48. The van der Waals surface area contributed by atoms with E-state index < -0.39 is 60.2 Å². The predicted octanol–water partition coefficient (Wildman–Crippen LogP) is 0.758. The van der Waals surface area contributed by atoms with Gasteiger partial charge in [-0.2, -0.15) is 4.98 Å². The van der Waals surface area contributed by atoms with Crippen molar-refractivity contribution in [1.82, 2.24) is 14.5 Å². The van der Waals surface area contributed by atoms with Gasteiger partial charge in [-0.25, -0.2) is 9.78 Å². The van der Waals surface area contributed by atoms with E-state index in [-0.39, 0.29) is 11.6 Å². The number of carbonyl (C=O) groups is 3. The first-order chi connectivity index (χ1) is 15.1. The van der Waals surface area contributed by atoms with Crippen LogP contribution in [-0.2, 0) is 33.3 Å². The summed E-state index contributed by atoms with van der Waals surface area (Å²) in [7, 11) is 0. The summed E-state index contributed by atoms with van der Waals surface area (Å²) in [6, 6.07) is 0. The minimum absolute atomic E-state index is 0.0843. The van der Waals surface area contributed by atoms with Gasteiger partial charge in [0.15, 0.2) is 24.1 Å². The Labute approximate surface area is 185 Å². The smallest absolute Gasteiger partial charge is 0.455 e. The number of esters is 2. The maximum atomic E-state index is 12.7. The van der Waals surface area contributed by atoms with Crippen LogP contribution in [0.5, 0.6) is 0 Å². The molecule has 0 amide bonds. The van der Waals surface area contributed by atoms with Crippen LogP contribution in [0.3, 0.4) is 0 Å². The second-order valence-corrected chi connectivity index (χ2v) is 8.09. The number of nitrogen functional groups attached to an aromatic ring is 1. The molecule has 3 heterocycles. The van der Waals surface area contributed by atoms with Crippen molar-refractivity contribution in [2.45, 2.75) is 58.3 Å². The molecule has 1 aliphatic rings. The van der Waals surface area contributed by atoms with Crippen molar-refractivity contribution in [3.8, 4) is 0 Å². The van der Waals surface area contributed by atoms with Gasteiger partial charge in [-0.1, -0.05) is 11.3 Å². The zero-order chi connectivity index (χ0) is 23.6. The van der Waals surface area contributed by atoms with Crippen LogP contribution >= 0.6 is 11.3 Å². The summed E-state index contributed by atoms with van der Waals surface area (Å²) < 4.78 is 28.1. The van der Waals surface area contributed by atoms with Crippen LogP contribution in [0.2, 0.25) is 0 Å². The van der Waals surface area contributed by atoms with Crippen LogP contribution in [0.4, 0.5) is 10.7 Å². The van der Waals surface area contributed by atoms with Crippen molar-refractivity contribution < 1.29 is 38.1 Å². The molecule has 0 radical (unpaired) electrons. The number of anilines is 1. The minimum atomic E-state index is -1.24. The maximum Gasteiger partial charge on any atom is 0.508 e. The van der Waals surface area contributed by atoms with Crippen molar-refractivity contribution in [2.24, 2.45) is 0 Å². The Kier molecular flexibility index (Phi) is 6.93. The van der Waals surface area contributed by atoms with Crippen LogP contribution in [0.1, 0.15) is 33.9 Å². The molecule has 174 valence electrons. The third kappa shape index (κ3) is 5.13. The first-order valence-corrected chi connectivity index (χ1v) is 10.3. The van der Waals surface area contributed by atoms with Gasteiger partial charge in [0.25, 0.3) is 0 Å². The molecule has 13 nitrogen and oxygen atoms in total. The molecular formula is C18H22N4O9S. The predicted molar refractivity (Wildman–Crippen MR) is 109 cm³/mol. The van der Waals surface area contributed by atoms with E-state index >= 15 is 0 Å². The van der Waals surface area contributed by atoms with Gasteiger partial charge >= 0.3 is 23.0 Å². The third-order valence-electron chi connectivity index (χ3n) is 4.22. The zero-order valence-electron chi connectivity index (χ0n) is 17.7. The summed E-state index contributed by atoms with van der Waals surface area (Å²) in [6.07, 6.45) is -4.74. The minimum Gasteiger partial charge on any atom is -0.455 e. The molecule has 32 heavy (non-hydrogen) atoms. The molecule has 0 bridgehead atoms. The number of fused-ring (bicyclic) bond motifs is 1. The van der Waals surface area contributed by atoms with Crippen molar-refractivity contribution in [3.05, 3.63) is 15.9 Å². The lowest BCUT2D eigenvalue weighted by molar-refractivity contribution is -0.165. The van der Waals surface area contributed by atoms with Gasteiger partial charge in [0.05, 0.1) is 17.0 Å². The number of hydrogen-bond acceptors (Lipinski definition) is 13. The Morgan fingerprint density at radius 1 is 1.22 bits per heavy atom. The molecule has 1 fully saturated rings. The van der Waals surface area contributed by atoms with E-state index in [1.807, 2.05) is 0 Å². The highest BCUT2D eigenvalue weighted by molar-refractivity contribution is 7.16. The lowest BCUT2D eigenvalue weighted by Gasteiger charge is -2.23. The maximum absolute atomic E-state index is 12.7. The standard InChI is InChI=1S/C18H22N4O9S/c1-7(2)28-18(26)27-6-10-12(29-8(3)23)13(30-9(4)24)15(31-10)22-14-11(32-17(22)25)5-20-16(19)21-14/h5,7,10,12-13,15H,6H2,1-4H3,(H2,19,20,21). The fraction of sp³-hybridized carbons (Fsp3) is 0.556. The lowest BCUT2D eigenvalue weighted by Crippen LogP contribution is -2.41. The van der Waals surface area contributed by atoms with E-state index in [0.29, 0.717) is 4.70 Å². The highest BCUT2D eigenvalue weighted by Gasteiger charge is 2.51. The normalized spacial score (nSPS) is 22.7. The first-order valence-electron chi connectivity index (χ1n) is 9.53. The van der Waals surface area contributed by atoms with Crippen molar-refractivity contribution in [2.75, 3.05) is 12.3 Å². The molecular weight excluding hydrogens is 448 g/mol.